The van der Waals surface area contributed by atoms with Gasteiger partial charge in [0.1, 0.15) is 19.1 Å². The SMILES string of the molecule is CCn1cc2c(Cl)c(-c3cn(COCC[Si](C)(C)C)c4nc(Cl)nc(OCc5ccc(OC)cc5)c34)ccc2n1. The molecule has 8 nitrogen and oxygen atoms in total. The van der Waals surface area contributed by atoms with E-state index in [0.717, 1.165) is 51.3 Å². The summed E-state index contributed by atoms with van der Waals surface area (Å²) in [5.41, 5.74) is 4.08. The predicted molar refractivity (Wildman–Crippen MR) is 163 cm³/mol. The molecule has 3 heterocycles. The molecule has 0 aliphatic rings. The van der Waals surface area contributed by atoms with Crippen LogP contribution >= 0.6 is 23.2 Å². The third-order valence-corrected chi connectivity index (χ3v) is 8.98. The highest BCUT2D eigenvalue weighted by Gasteiger charge is 2.22. The van der Waals surface area contributed by atoms with Crippen molar-refractivity contribution in [3.05, 3.63) is 64.7 Å². The van der Waals surface area contributed by atoms with Crippen LogP contribution in [0.2, 0.25) is 36.0 Å². The van der Waals surface area contributed by atoms with Crippen LogP contribution in [0.25, 0.3) is 33.1 Å². The largest absolute Gasteiger partial charge is 0.497 e. The Morgan fingerprint density at radius 1 is 0.950 bits per heavy atom. The van der Waals surface area contributed by atoms with Crippen molar-refractivity contribution in [2.75, 3.05) is 13.7 Å². The summed E-state index contributed by atoms with van der Waals surface area (Å²) in [5.74, 6) is 1.16. The molecule has 40 heavy (non-hydrogen) atoms. The summed E-state index contributed by atoms with van der Waals surface area (Å²) < 4.78 is 21.5. The van der Waals surface area contributed by atoms with E-state index in [1.807, 2.05) is 65.0 Å². The molecule has 0 unspecified atom stereocenters. The smallest absolute Gasteiger partial charge is 0.228 e. The van der Waals surface area contributed by atoms with Gasteiger partial charge in [0, 0.05) is 50.1 Å². The molecule has 3 aromatic heterocycles. The molecule has 0 atom stereocenters. The Morgan fingerprint density at radius 2 is 1.73 bits per heavy atom. The van der Waals surface area contributed by atoms with Crippen LogP contribution in [0, 0.1) is 0 Å². The first kappa shape index (κ1) is 28.4. The van der Waals surface area contributed by atoms with E-state index in [0.29, 0.717) is 36.5 Å². The lowest BCUT2D eigenvalue weighted by Crippen LogP contribution is -2.22. The first-order valence-corrected chi connectivity index (χ1v) is 17.7. The molecule has 0 saturated carbocycles. The number of hydrogen-bond donors (Lipinski definition) is 0. The van der Waals surface area contributed by atoms with Gasteiger partial charge in [-0.1, -0.05) is 49.4 Å². The van der Waals surface area contributed by atoms with Crippen LogP contribution in [-0.2, 0) is 24.6 Å². The summed E-state index contributed by atoms with van der Waals surface area (Å²) in [6, 6.07) is 12.7. The van der Waals surface area contributed by atoms with E-state index in [1.54, 1.807) is 7.11 Å². The first-order chi connectivity index (χ1) is 19.2. The maximum absolute atomic E-state index is 7.01. The summed E-state index contributed by atoms with van der Waals surface area (Å²) in [6.45, 7) is 11.1. The van der Waals surface area contributed by atoms with Gasteiger partial charge in [-0.25, -0.2) is 0 Å². The van der Waals surface area contributed by atoms with Crippen molar-refractivity contribution in [3.63, 3.8) is 0 Å². The second-order valence-electron chi connectivity index (χ2n) is 10.8. The lowest BCUT2D eigenvalue weighted by Gasteiger charge is -2.15. The number of nitrogens with zero attached hydrogens (tertiary/aromatic N) is 5. The van der Waals surface area contributed by atoms with Gasteiger partial charge in [-0.2, -0.15) is 15.1 Å². The molecule has 0 spiro atoms. The molecule has 0 saturated heterocycles. The minimum atomic E-state index is -1.23. The molecule has 2 aromatic carbocycles. The van der Waals surface area contributed by atoms with Crippen molar-refractivity contribution >= 4 is 53.2 Å². The Kier molecular flexibility index (Phi) is 8.37. The molecule has 5 rings (SSSR count). The van der Waals surface area contributed by atoms with E-state index in [9.17, 15) is 0 Å². The maximum atomic E-state index is 7.01. The summed E-state index contributed by atoms with van der Waals surface area (Å²) in [7, 11) is 0.408. The molecule has 0 radical (unpaired) electrons. The second kappa shape index (κ2) is 11.8. The molecule has 0 fully saturated rings. The summed E-state index contributed by atoms with van der Waals surface area (Å²) in [4.78, 5) is 9.07. The van der Waals surface area contributed by atoms with Crippen LogP contribution < -0.4 is 9.47 Å². The Labute approximate surface area is 244 Å². The minimum absolute atomic E-state index is 0.0935. The van der Waals surface area contributed by atoms with E-state index in [-0.39, 0.29) is 5.28 Å². The molecule has 0 aliphatic heterocycles. The van der Waals surface area contributed by atoms with Gasteiger partial charge in [0.2, 0.25) is 11.2 Å². The van der Waals surface area contributed by atoms with Gasteiger partial charge in [-0.15, -0.1) is 0 Å². The number of hydrogen-bond acceptors (Lipinski definition) is 6. The van der Waals surface area contributed by atoms with E-state index < -0.39 is 8.07 Å². The van der Waals surface area contributed by atoms with E-state index in [4.69, 9.17) is 37.4 Å². The van der Waals surface area contributed by atoms with Gasteiger partial charge in [-0.05, 0) is 48.3 Å². The maximum Gasteiger partial charge on any atom is 0.228 e. The number of methoxy groups -OCH3 is 1. The van der Waals surface area contributed by atoms with E-state index >= 15 is 0 Å². The van der Waals surface area contributed by atoms with Gasteiger partial charge < -0.3 is 18.8 Å². The average Bonchev–Trinajstić information content (AvgIpc) is 3.52. The number of rotatable bonds is 11. The van der Waals surface area contributed by atoms with Gasteiger partial charge in [0.05, 0.1) is 23.0 Å². The van der Waals surface area contributed by atoms with E-state index in [1.165, 1.54) is 0 Å². The molecular formula is C29H33Cl2N5O3Si. The zero-order chi connectivity index (χ0) is 28.4. The van der Waals surface area contributed by atoms with Crippen molar-refractivity contribution in [2.45, 2.75) is 52.5 Å². The Hall–Kier alpha value is -3.11. The third kappa shape index (κ3) is 6.12. The number of fused-ring (bicyclic) bond motifs is 2. The minimum Gasteiger partial charge on any atom is -0.497 e. The molecule has 210 valence electrons. The number of aromatic nitrogens is 5. The third-order valence-electron chi connectivity index (χ3n) is 6.70. The normalized spacial score (nSPS) is 12.0. The zero-order valence-corrected chi connectivity index (χ0v) is 25.9. The van der Waals surface area contributed by atoms with Gasteiger partial charge in [-0.3, -0.25) is 4.68 Å². The molecule has 0 bridgehead atoms. The average molecular weight is 599 g/mol. The molecule has 0 N–H and O–H groups in total. The fourth-order valence-electron chi connectivity index (χ4n) is 4.43. The topological polar surface area (TPSA) is 76.2 Å². The quantitative estimate of drug-likeness (QED) is 0.0882. The Morgan fingerprint density at radius 3 is 2.42 bits per heavy atom. The van der Waals surface area contributed by atoms with Crippen molar-refractivity contribution in [2.24, 2.45) is 0 Å². The monoisotopic (exact) mass is 597 g/mol. The van der Waals surface area contributed by atoms with Crippen LogP contribution in [0.4, 0.5) is 0 Å². The fraction of sp³-hybridized carbons (Fsp3) is 0.345. The van der Waals surface area contributed by atoms with E-state index in [2.05, 4.69) is 34.7 Å². The summed E-state index contributed by atoms with van der Waals surface area (Å²) in [6.07, 6.45) is 3.95. The standard InChI is InChI=1S/C29H33Cl2N5O3Si/c1-6-36-16-23-24(34-36)12-11-21(26(23)30)22-15-35(18-38-13-14-40(3,4)5)27-25(22)28(33-29(31)32-27)39-17-19-7-9-20(37-2)10-8-19/h7-12,15-16H,6,13-14,17-18H2,1-5H3. The highest BCUT2D eigenvalue weighted by Crippen LogP contribution is 2.41. The van der Waals surface area contributed by atoms with Crippen molar-refractivity contribution in [3.8, 4) is 22.8 Å². The predicted octanol–water partition coefficient (Wildman–Crippen LogP) is 7.67. The molecule has 5 aromatic rings. The molecule has 0 aliphatic carbocycles. The van der Waals surface area contributed by atoms with Crippen molar-refractivity contribution in [1.29, 1.82) is 0 Å². The number of ether oxygens (including phenoxy) is 3. The second-order valence-corrected chi connectivity index (χ2v) is 17.2. The van der Waals surface area contributed by atoms with Crippen LogP contribution in [0.15, 0.2) is 48.8 Å². The van der Waals surface area contributed by atoms with Crippen molar-refractivity contribution in [1.82, 2.24) is 24.3 Å². The molecule has 0 amide bonds. The van der Waals surface area contributed by atoms with Gasteiger partial charge in [0.15, 0.2) is 5.65 Å². The molecular weight excluding hydrogens is 565 g/mol. The van der Waals surface area contributed by atoms with Crippen LogP contribution in [0.3, 0.4) is 0 Å². The fourth-order valence-corrected chi connectivity index (χ4v) is 5.65. The van der Waals surface area contributed by atoms with Crippen LogP contribution in [0.5, 0.6) is 11.6 Å². The van der Waals surface area contributed by atoms with Gasteiger partial charge in [0.25, 0.3) is 0 Å². The Bertz CT molecular complexity index is 1640. The summed E-state index contributed by atoms with van der Waals surface area (Å²) in [5, 5.41) is 6.90. The molecule has 11 heteroatoms. The zero-order valence-electron chi connectivity index (χ0n) is 23.4. The number of halogens is 2. The highest BCUT2D eigenvalue weighted by atomic mass is 35.5. The number of aryl methyl sites for hydroxylation is 1. The first-order valence-electron chi connectivity index (χ1n) is 13.2. The van der Waals surface area contributed by atoms with Crippen LogP contribution in [0.1, 0.15) is 12.5 Å². The lowest BCUT2D eigenvalue weighted by atomic mass is 10.0. The Balaban J connectivity index is 1.58. The van der Waals surface area contributed by atoms with Crippen molar-refractivity contribution < 1.29 is 14.2 Å². The lowest BCUT2D eigenvalue weighted by molar-refractivity contribution is 0.0899. The van der Waals surface area contributed by atoms with Gasteiger partial charge >= 0.3 is 0 Å². The number of benzene rings is 2. The summed E-state index contributed by atoms with van der Waals surface area (Å²) >= 11 is 13.4. The van der Waals surface area contributed by atoms with Crippen LogP contribution in [-0.4, -0.2) is 46.1 Å². The highest BCUT2D eigenvalue weighted by molar-refractivity contribution is 6.76.